The Hall–Kier alpha value is -3.66. The summed E-state index contributed by atoms with van der Waals surface area (Å²) in [5.74, 6) is -0.825. The Morgan fingerprint density at radius 1 is 1.24 bits per heavy atom. The fraction of sp³-hybridized carbons (Fsp3) is 0.417. The topological polar surface area (TPSA) is 135 Å². The molecule has 2 aliphatic heterocycles. The summed E-state index contributed by atoms with van der Waals surface area (Å²) in [7, 11) is 0. The van der Waals surface area contributed by atoms with Crippen LogP contribution in [0.15, 0.2) is 58.9 Å². The van der Waals surface area contributed by atoms with Gasteiger partial charge in [-0.3, -0.25) is 14.5 Å². The van der Waals surface area contributed by atoms with E-state index in [0.29, 0.717) is 37.2 Å². The number of ether oxygens (including phenoxy) is 2. The van der Waals surface area contributed by atoms with Gasteiger partial charge in [-0.25, -0.2) is 4.79 Å². The number of cyclic esters (lactones) is 1. The lowest BCUT2D eigenvalue weighted by molar-refractivity contribution is -0.153. The number of carbonyl (C=O) groups excluding carboxylic acids is 3. The van der Waals surface area contributed by atoms with Crippen LogP contribution in [0, 0.1) is 5.92 Å². The fourth-order valence-electron chi connectivity index (χ4n) is 4.40. The van der Waals surface area contributed by atoms with Crippen molar-refractivity contribution < 1.29 is 29.1 Å². The first-order valence-electron chi connectivity index (χ1n) is 11.2. The number of amides is 2. The highest BCUT2D eigenvalue weighted by atomic mass is 16.6. The maximum atomic E-state index is 13.0. The second-order valence-corrected chi connectivity index (χ2v) is 8.56. The molecule has 3 N–H and O–H groups in total. The summed E-state index contributed by atoms with van der Waals surface area (Å²) in [4.78, 5) is 40.9. The molecule has 10 heteroatoms. The van der Waals surface area contributed by atoms with Crippen LogP contribution in [0.25, 0.3) is 0 Å². The monoisotopic (exact) mass is 468 g/mol. The average Bonchev–Trinajstić information content (AvgIpc) is 3.24. The number of hydrogen-bond donors (Lipinski definition) is 2. The zero-order valence-corrected chi connectivity index (χ0v) is 18.9. The number of nitrogens with zero attached hydrogens (tertiary/aromatic N) is 3. The third-order valence-corrected chi connectivity index (χ3v) is 6.40. The molecule has 2 saturated heterocycles. The molecule has 2 fully saturated rings. The quantitative estimate of drug-likeness (QED) is 0.382. The molecule has 10 nitrogen and oxygen atoms in total. The molecule has 34 heavy (non-hydrogen) atoms. The van der Waals surface area contributed by atoms with Gasteiger partial charge < -0.3 is 25.3 Å². The van der Waals surface area contributed by atoms with E-state index in [2.05, 4.69) is 5.16 Å². The van der Waals surface area contributed by atoms with E-state index in [1.165, 1.54) is 4.90 Å². The van der Waals surface area contributed by atoms with E-state index in [1.54, 1.807) is 24.0 Å². The predicted molar refractivity (Wildman–Crippen MR) is 122 cm³/mol. The van der Waals surface area contributed by atoms with Gasteiger partial charge in [0.15, 0.2) is 6.10 Å². The second-order valence-electron chi connectivity index (χ2n) is 8.56. The number of hydrogen-bond acceptors (Lipinski definition) is 8. The molecular formula is C24H28N4O6. The minimum Gasteiger partial charge on any atom is -0.461 e. The van der Waals surface area contributed by atoms with Crippen molar-refractivity contribution in [3.05, 3.63) is 59.3 Å². The Kier molecular flexibility index (Phi) is 6.97. The van der Waals surface area contributed by atoms with Gasteiger partial charge in [0, 0.05) is 13.1 Å². The summed E-state index contributed by atoms with van der Waals surface area (Å²) < 4.78 is 10.8. The van der Waals surface area contributed by atoms with Gasteiger partial charge in [0.1, 0.15) is 12.3 Å². The minimum absolute atomic E-state index is 0.0433. The van der Waals surface area contributed by atoms with E-state index >= 15 is 0 Å². The van der Waals surface area contributed by atoms with E-state index in [4.69, 9.17) is 15.2 Å². The average molecular weight is 469 g/mol. The van der Waals surface area contributed by atoms with Crippen LogP contribution in [0.2, 0.25) is 0 Å². The highest BCUT2D eigenvalue weighted by Crippen LogP contribution is 2.27. The van der Waals surface area contributed by atoms with E-state index in [-0.39, 0.29) is 36.7 Å². The number of allylic oxidation sites excluding steroid dienone is 1. The maximum absolute atomic E-state index is 13.0. The molecule has 2 heterocycles. The highest BCUT2D eigenvalue weighted by molar-refractivity contribution is 6.06. The molecule has 0 bridgehead atoms. The van der Waals surface area contributed by atoms with E-state index in [0.717, 1.165) is 5.56 Å². The van der Waals surface area contributed by atoms with Crippen molar-refractivity contribution in [1.29, 1.82) is 0 Å². The first-order valence-corrected chi connectivity index (χ1v) is 11.2. The van der Waals surface area contributed by atoms with Crippen LogP contribution in [0.3, 0.4) is 0 Å². The van der Waals surface area contributed by atoms with Gasteiger partial charge in [-0.1, -0.05) is 41.6 Å². The van der Waals surface area contributed by atoms with E-state index in [9.17, 15) is 19.6 Å². The van der Waals surface area contributed by atoms with Crippen LogP contribution >= 0.6 is 0 Å². The lowest BCUT2D eigenvalue weighted by Gasteiger charge is -2.32. The lowest BCUT2D eigenvalue weighted by Crippen LogP contribution is -2.46. The first-order chi connectivity index (χ1) is 16.4. The second kappa shape index (κ2) is 10.1. The molecule has 4 rings (SSSR count). The van der Waals surface area contributed by atoms with Gasteiger partial charge in [-0.2, -0.15) is 0 Å². The van der Waals surface area contributed by atoms with Gasteiger partial charge in [-0.15, -0.1) is 0 Å². The smallest absolute Gasteiger partial charge is 0.415 e. The molecule has 2 unspecified atom stereocenters. The van der Waals surface area contributed by atoms with Crippen LogP contribution in [0.4, 0.5) is 4.79 Å². The van der Waals surface area contributed by atoms with Crippen LogP contribution in [0.1, 0.15) is 25.3 Å². The van der Waals surface area contributed by atoms with Gasteiger partial charge in [0.2, 0.25) is 0 Å². The van der Waals surface area contributed by atoms with Crippen LogP contribution in [-0.4, -0.2) is 70.5 Å². The Bertz CT molecular complexity index is 1040. The number of oxime groups is 1. The molecule has 0 radical (unpaired) electrons. The van der Waals surface area contributed by atoms with Crippen LogP contribution in [0.5, 0.6) is 0 Å². The summed E-state index contributed by atoms with van der Waals surface area (Å²) in [6.07, 6.45) is 2.66. The van der Waals surface area contributed by atoms with Gasteiger partial charge >= 0.3 is 12.1 Å². The standard InChI is InChI=1S/C24H28N4O6/c1-15-19(8-7-18(25)21(15)26-32)28-13-20(34-24(28)31)22(29)27-11-9-17(10-12-27)23(30)33-14-16-5-3-2-4-6-16/h2-8,17-18,20,32H,9-14,25H2,1H3. The highest BCUT2D eigenvalue weighted by Gasteiger charge is 2.42. The summed E-state index contributed by atoms with van der Waals surface area (Å²) in [6.45, 7) is 2.73. The normalized spacial score (nSPS) is 24.5. The lowest BCUT2D eigenvalue weighted by atomic mass is 9.96. The van der Waals surface area contributed by atoms with Crippen molar-refractivity contribution in [3.63, 3.8) is 0 Å². The SMILES string of the molecule is CC1=C(N2CC(C(=O)N3CCC(C(=O)OCc4ccccc4)CC3)OC2=O)C=CC(N)C1=NO. The molecule has 180 valence electrons. The number of piperidine rings is 1. The molecule has 1 aromatic rings. The number of rotatable bonds is 5. The Balaban J connectivity index is 1.31. The Labute approximate surface area is 197 Å². The van der Waals surface area contributed by atoms with Crippen molar-refractivity contribution in [3.8, 4) is 0 Å². The minimum atomic E-state index is -0.951. The van der Waals surface area contributed by atoms with Crippen molar-refractivity contribution >= 4 is 23.7 Å². The van der Waals surface area contributed by atoms with Crippen molar-refractivity contribution in [2.24, 2.45) is 16.8 Å². The Morgan fingerprint density at radius 2 is 1.94 bits per heavy atom. The van der Waals surface area contributed by atoms with Crippen molar-refractivity contribution in [2.45, 2.75) is 38.5 Å². The van der Waals surface area contributed by atoms with Crippen LogP contribution in [-0.2, 0) is 25.7 Å². The molecule has 1 aliphatic carbocycles. The van der Waals surface area contributed by atoms with Crippen molar-refractivity contribution in [2.75, 3.05) is 19.6 Å². The van der Waals surface area contributed by atoms with Gasteiger partial charge in [-0.05, 0) is 37.0 Å². The van der Waals surface area contributed by atoms with E-state index in [1.807, 2.05) is 30.3 Å². The maximum Gasteiger partial charge on any atom is 0.415 e. The molecule has 0 aromatic heterocycles. The van der Waals surface area contributed by atoms with Crippen LogP contribution < -0.4 is 5.73 Å². The number of likely N-dealkylation sites (tertiary alicyclic amines) is 1. The van der Waals surface area contributed by atoms with E-state index < -0.39 is 18.2 Å². The summed E-state index contributed by atoms with van der Waals surface area (Å²) in [6, 6.07) is 8.89. The molecule has 3 aliphatic rings. The third-order valence-electron chi connectivity index (χ3n) is 6.40. The largest absolute Gasteiger partial charge is 0.461 e. The van der Waals surface area contributed by atoms with Gasteiger partial charge in [0.25, 0.3) is 5.91 Å². The van der Waals surface area contributed by atoms with Gasteiger partial charge in [0.05, 0.1) is 24.2 Å². The summed E-state index contributed by atoms with van der Waals surface area (Å²) >= 11 is 0. The van der Waals surface area contributed by atoms with Crippen molar-refractivity contribution in [1.82, 2.24) is 9.80 Å². The number of carbonyl (C=O) groups is 3. The molecule has 0 spiro atoms. The fourth-order valence-corrected chi connectivity index (χ4v) is 4.40. The zero-order chi connectivity index (χ0) is 24.2. The Morgan fingerprint density at radius 3 is 2.62 bits per heavy atom. The first kappa shape index (κ1) is 23.5. The molecule has 2 amide bonds. The third kappa shape index (κ3) is 4.81. The molecule has 1 aromatic carbocycles. The number of nitrogens with two attached hydrogens (primary N) is 1. The predicted octanol–water partition coefficient (Wildman–Crippen LogP) is 1.79. The summed E-state index contributed by atoms with van der Waals surface area (Å²) in [5, 5.41) is 12.5. The molecule has 0 saturated carbocycles. The zero-order valence-electron chi connectivity index (χ0n) is 18.9. The number of benzene rings is 1. The summed E-state index contributed by atoms with van der Waals surface area (Å²) in [5.41, 5.74) is 8.09. The molecule has 2 atom stereocenters. The molecular weight excluding hydrogens is 440 g/mol. The number of esters is 1.